The molecule has 0 aromatic heterocycles. The number of carbonyl (C=O) groups excluding carboxylic acids is 5. The maximum absolute atomic E-state index is 14.4. The Hall–Kier alpha value is -2.41. The number of rotatable bonds is 14. The van der Waals surface area contributed by atoms with E-state index in [1.807, 2.05) is 41.5 Å². The fourth-order valence-corrected chi connectivity index (χ4v) is 9.11. The third-order valence-electron chi connectivity index (χ3n) is 10.8. The van der Waals surface area contributed by atoms with Crippen LogP contribution in [0.3, 0.4) is 0 Å². The Bertz CT molecular complexity index is 1360. The predicted molar refractivity (Wildman–Crippen MR) is 191 cm³/mol. The molecular weight excluding hydrogens is 670 g/mol. The molecule has 3 rings (SSSR count). The van der Waals surface area contributed by atoms with Gasteiger partial charge in [-0.2, -0.15) is 0 Å². The van der Waals surface area contributed by atoms with E-state index >= 15 is 0 Å². The number of hydrogen-bond acceptors (Lipinski definition) is 7. The minimum Gasteiger partial charge on any atom is -0.348 e. The number of ketones is 1. The zero-order valence-corrected chi connectivity index (χ0v) is 32.5. The number of piperidine rings is 1. The Labute approximate surface area is 298 Å². The molecule has 4 N–H and O–H groups in total. The van der Waals surface area contributed by atoms with E-state index in [2.05, 4.69) is 21.3 Å². The lowest BCUT2D eigenvalue weighted by Crippen LogP contribution is -2.64. The van der Waals surface area contributed by atoms with Gasteiger partial charge >= 0.3 is 6.03 Å². The van der Waals surface area contributed by atoms with Crippen molar-refractivity contribution in [3.8, 4) is 0 Å². The molecule has 1 saturated heterocycles. The summed E-state index contributed by atoms with van der Waals surface area (Å²) in [5.41, 5.74) is -1.94. The second-order valence-corrected chi connectivity index (χ2v) is 20.1. The number of likely N-dealkylation sites (tertiary alicyclic amines) is 1. The van der Waals surface area contributed by atoms with Crippen LogP contribution in [0.1, 0.15) is 114 Å². The summed E-state index contributed by atoms with van der Waals surface area (Å²) in [6.07, 6.45) is 5.15. The molecule has 14 heteroatoms. The van der Waals surface area contributed by atoms with Crippen molar-refractivity contribution in [3.63, 3.8) is 0 Å². The number of amides is 5. The van der Waals surface area contributed by atoms with E-state index in [4.69, 9.17) is 11.6 Å². The van der Waals surface area contributed by atoms with Crippen LogP contribution in [0.25, 0.3) is 0 Å². The Balaban J connectivity index is 1.86. The van der Waals surface area contributed by atoms with Gasteiger partial charge in [-0.15, -0.1) is 11.6 Å². The lowest BCUT2D eigenvalue weighted by atomic mass is 9.83. The van der Waals surface area contributed by atoms with Gasteiger partial charge in [-0.25, -0.2) is 13.2 Å². The third-order valence-corrected chi connectivity index (χ3v) is 13.8. The van der Waals surface area contributed by atoms with Gasteiger partial charge in [-0.1, -0.05) is 73.6 Å². The van der Waals surface area contributed by atoms with E-state index in [0.717, 1.165) is 25.7 Å². The number of unbranched alkanes of at least 4 members (excludes halogenated alkanes) is 1. The molecule has 12 nitrogen and oxygen atoms in total. The Morgan fingerprint density at radius 2 is 1.57 bits per heavy atom. The van der Waals surface area contributed by atoms with Crippen molar-refractivity contribution >= 4 is 51.0 Å². The van der Waals surface area contributed by atoms with E-state index in [0.29, 0.717) is 25.8 Å². The van der Waals surface area contributed by atoms with Gasteiger partial charge < -0.3 is 26.2 Å². The summed E-state index contributed by atoms with van der Waals surface area (Å²) in [6, 6.07) is -3.62. The molecule has 0 aromatic carbocycles. The minimum absolute atomic E-state index is 0.0478. The van der Waals surface area contributed by atoms with Crippen LogP contribution in [0, 0.1) is 22.7 Å². The van der Waals surface area contributed by atoms with Gasteiger partial charge in [0.25, 0.3) is 5.91 Å². The molecule has 49 heavy (non-hydrogen) atoms. The normalized spacial score (nSPS) is 24.2. The van der Waals surface area contributed by atoms with Crippen molar-refractivity contribution < 1.29 is 32.4 Å². The summed E-state index contributed by atoms with van der Waals surface area (Å²) in [5.74, 6) is -2.68. The second-order valence-electron chi connectivity index (χ2n) is 17.0. The standard InChI is InChI=1S/C35H60ClN5O7S/c1-10-11-15-23(26(42)29(44)37-19-18-36)38-28(43)25-24-22(34(24,8)9)20-41(25)30(45)27(32(2,3)4)39-31(46)40-35(16-13-12-14-17-35)21-49(47,48)33(5,6)7/h22-25,27H,10-21H2,1-9H3,(H,37,44)(H,38,43)(H2,39,40,46)/t22-,23?,24?,25-,27+/m0/s1. The Morgan fingerprint density at radius 3 is 2.10 bits per heavy atom. The van der Waals surface area contributed by atoms with Crippen LogP contribution in [-0.4, -0.2) is 96.0 Å². The number of nitrogens with one attached hydrogen (secondary N) is 4. The number of Topliss-reactive ketones (excluding diaryl/α,β-unsaturated/α-hetero) is 1. The van der Waals surface area contributed by atoms with E-state index in [9.17, 15) is 32.4 Å². The van der Waals surface area contributed by atoms with Crippen molar-refractivity contribution in [1.82, 2.24) is 26.2 Å². The smallest absolute Gasteiger partial charge is 0.315 e. The predicted octanol–water partition coefficient (Wildman–Crippen LogP) is 3.70. The van der Waals surface area contributed by atoms with Gasteiger partial charge in [0.2, 0.25) is 17.6 Å². The van der Waals surface area contributed by atoms with Gasteiger partial charge in [-0.05, 0) is 62.7 Å². The van der Waals surface area contributed by atoms with E-state index in [1.165, 1.54) is 4.90 Å². The fraction of sp³-hybridized carbons (Fsp3) is 0.857. The lowest BCUT2D eigenvalue weighted by molar-refractivity contribution is -0.145. The number of halogens is 1. The van der Waals surface area contributed by atoms with Crippen LogP contribution in [-0.2, 0) is 29.0 Å². The monoisotopic (exact) mass is 729 g/mol. The zero-order chi connectivity index (χ0) is 37.2. The quantitative estimate of drug-likeness (QED) is 0.156. The molecule has 1 heterocycles. The first-order valence-electron chi connectivity index (χ1n) is 17.8. The molecule has 0 spiro atoms. The number of alkyl halides is 1. The molecule has 0 bridgehead atoms. The third kappa shape index (κ3) is 9.48. The van der Waals surface area contributed by atoms with Gasteiger partial charge in [-0.3, -0.25) is 19.2 Å². The van der Waals surface area contributed by atoms with Crippen molar-refractivity contribution in [3.05, 3.63) is 0 Å². The molecule has 2 aliphatic carbocycles. The summed E-state index contributed by atoms with van der Waals surface area (Å²) < 4.78 is 25.6. The number of nitrogens with zero attached hydrogens (tertiary/aromatic N) is 1. The van der Waals surface area contributed by atoms with Crippen LogP contribution >= 0.6 is 11.6 Å². The highest BCUT2D eigenvalue weighted by atomic mass is 35.5. The molecule has 5 amide bonds. The van der Waals surface area contributed by atoms with Crippen LogP contribution in [0.5, 0.6) is 0 Å². The highest BCUT2D eigenvalue weighted by Crippen LogP contribution is 2.65. The van der Waals surface area contributed by atoms with Crippen molar-refractivity contribution in [2.24, 2.45) is 22.7 Å². The molecule has 2 unspecified atom stereocenters. The average Bonchev–Trinajstić information content (AvgIpc) is 3.30. The zero-order valence-electron chi connectivity index (χ0n) is 31.0. The van der Waals surface area contributed by atoms with Gasteiger partial charge in [0, 0.05) is 19.0 Å². The summed E-state index contributed by atoms with van der Waals surface area (Å²) in [7, 11) is -3.57. The van der Waals surface area contributed by atoms with Crippen LogP contribution in [0.4, 0.5) is 4.79 Å². The summed E-state index contributed by atoms with van der Waals surface area (Å²) in [5, 5.41) is 11.2. The molecule has 3 fully saturated rings. The molecule has 280 valence electrons. The largest absolute Gasteiger partial charge is 0.348 e. The number of urea groups is 1. The number of hydrogen-bond donors (Lipinski definition) is 4. The molecule has 0 aromatic rings. The summed E-state index contributed by atoms with van der Waals surface area (Å²) >= 11 is 5.68. The topological polar surface area (TPSA) is 171 Å². The maximum Gasteiger partial charge on any atom is 0.315 e. The van der Waals surface area contributed by atoms with E-state index in [-0.39, 0.29) is 41.8 Å². The maximum atomic E-state index is 14.4. The van der Waals surface area contributed by atoms with Gasteiger partial charge in [0.1, 0.15) is 12.1 Å². The van der Waals surface area contributed by atoms with Crippen LogP contribution < -0.4 is 21.3 Å². The highest BCUT2D eigenvalue weighted by Gasteiger charge is 2.70. The first-order chi connectivity index (χ1) is 22.5. The van der Waals surface area contributed by atoms with Crippen molar-refractivity contribution in [2.45, 2.75) is 142 Å². The number of fused-ring (bicyclic) bond motifs is 1. The minimum atomic E-state index is -3.57. The lowest BCUT2D eigenvalue weighted by Gasteiger charge is -2.41. The summed E-state index contributed by atoms with van der Waals surface area (Å²) in [6.45, 7) is 16.9. The summed E-state index contributed by atoms with van der Waals surface area (Å²) in [4.78, 5) is 69.4. The molecule has 5 atom stereocenters. The van der Waals surface area contributed by atoms with Crippen molar-refractivity contribution in [1.29, 1.82) is 0 Å². The average molecular weight is 730 g/mol. The van der Waals surface area contributed by atoms with Gasteiger partial charge in [0.15, 0.2) is 9.84 Å². The molecule has 2 saturated carbocycles. The molecule has 0 radical (unpaired) electrons. The molecule has 1 aliphatic heterocycles. The first kappa shape index (κ1) is 41.0. The van der Waals surface area contributed by atoms with Crippen LogP contribution in [0.2, 0.25) is 0 Å². The Morgan fingerprint density at radius 1 is 0.959 bits per heavy atom. The fourth-order valence-electron chi connectivity index (χ4n) is 7.49. The van der Waals surface area contributed by atoms with Crippen molar-refractivity contribution in [2.75, 3.05) is 24.7 Å². The molecule has 3 aliphatic rings. The van der Waals surface area contributed by atoms with Gasteiger partial charge in [0.05, 0.1) is 22.1 Å². The number of sulfone groups is 1. The second kappa shape index (κ2) is 15.5. The SMILES string of the molecule is CCCCC(NC(=O)[C@@H]1C2[C@H](CN1C(=O)[C@@H](NC(=O)NC1(CS(=O)(=O)C(C)(C)C)CCCCC1)C(C)(C)C)C2(C)C)C(=O)C(=O)NCCCl. The Kier molecular flexibility index (Phi) is 12.9. The van der Waals surface area contributed by atoms with E-state index in [1.54, 1.807) is 20.8 Å². The number of carbonyl (C=O) groups is 5. The van der Waals surface area contributed by atoms with Crippen LogP contribution in [0.15, 0.2) is 0 Å². The first-order valence-corrected chi connectivity index (χ1v) is 20.0. The molecular formula is C35H60ClN5O7S. The van der Waals surface area contributed by atoms with E-state index < -0.39 is 73.2 Å². The highest BCUT2D eigenvalue weighted by molar-refractivity contribution is 7.92.